The quantitative estimate of drug-likeness (QED) is 0.135. The molecule has 0 unspecified atom stereocenters. The summed E-state index contributed by atoms with van der Waals surface area (Å²) in [7, 11) is -6.09. The monoisotopic (exact) mass is 402 g/mol. The maximum absolute atomic E-state index is 12.5. The van der Waals surface area contributed by atoms with Gasteiger partial charge in [-0.05, 0) is 40.0 Å². The first kappa shape index (κ1) is 24.5. The molecule has 1 saturated heterocycles. The Labute approximate surface area is 151 Å². The van der Waals surface area contributed by atoms with E-state index in [1.54, 1.807) is 0 Å². The Morgan fingerprint density at radius 3 is 1.77 bits per heavy atom. The number of carbonyl (C=O) groups excluding carboxylic acids is 1. The normalized spacial score (nSPS) is 15.6. The van der Waals surface area contributed by atoms with Gasteiger partial charge >= 0.3 is 17.3 Å². The third-order valence-electron chi connectivity index (χ3n) is 4.48. The Morgan fingerprint density at radius 2 is 1.50 bits per heavy atom. The molecule has 152 valence electrons. The number of rotatable bonds is 3. The molecule has 0 saturated carbocycles. The van der Waals surface area contributed by atoms with Crippen LogP contribution in [-0.4, -0.2) is 77.1 Å². The van der Waals surface area contributed by atoms with Gasteiger partial charge in [0.1, 0.15) is 0 Å². The second kappa shape index (κ2) is 10.0. The lowest BCUT2D eigenvalue weighted by Crippen LogP contribution is -2.59. The summed E-state index contributed by atoms with van der Waals surface area (Å²) < 4.78 is 59.4. The van der Waals surface area contributed by atoms with E-state index in [1.165, 1.54) is 6.42 Å². The Kier molecular flexibility index (Phi) is 9.43. The van der Waals surface area contributed by atoms with E-state index in [-0.39, 0.29) is 5.91 Å². The van der Waals surface area contributed by atoms with Crippen LogP contribution in [0.15, 0.2) is 0 Å². The molecule has 1 fully saturated rings. The minimum Gasteiger partial charge on any atom is -0.741 e. The molecule has 0 atom stereocenters. The third kappa shape index (κ3) is 6.35. The molecule has 1 rings (SSSR count). The molecule has 0 bridgehead atoms. The van der Waals surface area contributed by atoms with Gasteiger partial charge in [0.25, 0.3) is 0 Å². The topological polar surface area (TPSA) is 114 Å². The lowest BCUT2D eigenvalue weighted by molar-refractivity contribution is -0.843. The number of likely N-dealkylation sites (N-methyl/N-ethyl adjacent to an activating group) is 1. The zero-order chi connectivity index (χ0) is 20.6. The fourth-order valence-electron chi connectivity index (χ4n) is 2.70. The molecule has 0 aromatic rings. The van der Waals surface area contributed by atoms with Crippen LogP contribution < -0.4 is 0 Å². The molecule has 12 heteroatoms. The molecule has 0 spiro atoms. The molecule has 26 heavy (non-hydrogen) atoms. The van der Waals surface area contributed by atoms with Gasteiger partial charge in [0.15, 0.2) is 10.1 Å². The van der Waals surface area contributed by atoms with E-state index in [4.69, 9.17) is 13.0 Å². The summed E-state index contributed by atoms with van der Waals surface area (Å²) in [6.07, 6.45) is 3.29. The number of nitrogens with zero attached hydrogens (tertiary/aromatic N) is 4. The maximum atomic E-state index is 12.5. The van der Waals surface area contributed by atoms with Crippen molar-refractivity contribution in [3.05, 3.63) is 5.53 Å². The van der Waals surface area contributed by atoms with E-state index in [0.29, 0.717) is 10.3 Å². The minimum atomic E-state index is -6.09. The van der Waals surface area contributed by atoms with Crippen LogP contribution in [0.5, 0.6) is 0 Å². The molecule has 0 aromatic heterocycles. The summed E-state index contributed by atoms with van der Waals surface area (Å²) in [5.74, 6) is 0.201. The van der Waals surface area contributed by atoms with E-state index < -0.39 is 15.6 Å². The summed E-state index contributed by atoms with van der Waals surface area (Å²) >= 11 is 0. The Morgan fingerprint density at radius 1 is 1.12 bits per heavy atom. The van der Waals surface area contributed by atoms with Gasteiger partial charge in [-0.2, -0.15) is 13.2 Å². The predicted molar refractivity (Wildman–Crippen MR) is 86.7 cm³/mol. The van der Waals surface area contributed by atoms with Crippen molar-refractivity contribution in [3.8, 4) is 0 Å². The Hall–Kier alpha value is -1.49. The van der Waals surface area contributed by atoms with Gasteiger partial charge in [0.2, 0.25) is 0 Å². The van der Waals surface area contributed by atoms with Crippen LogP contribution in [0.1, 0.15) is 40.0 Å². The molecular formula is C14H25F3N4O4S. The van der Waals surface area contributed by atoms with E-state index in [1.807, 2.05) is 25.7 Å². The van der Waals surface area contributed by atoms with Crippen molar-refractivity contribution in [2.45, 2.75) is 45.5 Å². The Bertz CT molecular complexity index is 612. The number of alkyl halides is 3. The highest BCUT2D eigenvalue weighted by Gasteiger charge is 2.45. The fourth-order valence-corrected chi connectivity index (χ4v) is 2.70. The van der Waals surface area contributed by atoms with E-state index >= 15 is 0 Å². The largest absolute Gasteiger partial charge is 0.741 e. The molecule has 1 aliphatic rings. The van der Waals surface area contributed by atoms with Crippen molar-refractivity contribution in [1.82, 2.24) is 4.90 Å². The standard InChI is InChI=1S/C13H25N4O.CHF3O3S/c1-4-17(5-2,6-3)12(15-14)13(18)16-10-8-7-9-11-16;2-1(3,4)8(5,6)7/h4-11H2,1-3H3;(H,5,6,7)/q+1;/p-1. The molecule has 0 aliphatic carbocycles. The highest BCUT2D eigenvalue weighted by atomic mass is 32.2. The molecule has 0 N–H and O–H groups in total. The van der Waals surface area contributed by atoms with Crippen molar-refractivity contribution in [1.29, 1.82) is 0 Å². The van der Waals surface area contributed by atoms with Crippen LogP contribution in [-0.2, 0) is 14.9 Å². The second-order valence-electron chi connectivity index (χ2n) is 5.77. The summed E-state index contributed by atoms with van der Waals surface area (Å²) in [6, 6.07) is 0. The number of amidine groups is 1. The second-order valence-corrected chi connectivity index (χ2v) is 7.14. The zero-order valence-corrected chi connectivity index (χ0v) is 15.9. The van der Waals surface area contributed by atoms with Gasteiger partial charge in [0.05, 0.1) is 19.6 Å². The van der Waals surface area contributed by atoms with Crippen molar-refractivity contribution in [3.63, 3.8) is 0 Å². The number of hydrogen-bond acceptors (Lipinski definition) is 4. The Balaban J connectivity index is 0.000000660. The summed E-state index contributed by atoms with van der Waals surface area (Å²) in [5.41, 5.74) is 3.64. The van der Waals surface area contributed by atoms with Crippen LogP contribution in [0, 0.1) is 0 Å². The van der Waals surface area contributed by atoms with Crippen LogP contribution >= 0.6 is 0 Å². The van der Waals surface area contributed by atoms with Gasteiger partial charge in [-0.15, -0.1) is 0 Å². The van der Waals surface area contributed by atoms with Crippen molar-refractivity contribution in [2.24, 2.45) is 0 Å². The van der Waals surface area contributed by atoms with Crippen molar-refractivity contribution in [2.75, 3.05) is 32.7 Å². The van der Waals surface area contributed by atoms with Crippen LogP contribution in [0.25, 0.3) is 5.53 Å². The molecule has 1 heterocycles. The van der Waals surface area contributed by atoms with Crippen LogP contribution in [0.4, 0.5) is 13.2 Å². The van der Waals surface area contributed by atoms with E-state index in [2.05, 4.69) is 4.79 Å². The number of carbonyl (C=O) groups is 1. The molecule has 1 amide bonds. The molecular weight excluding hydrogens is 377 g/mol. The van der Waals surface area contributed by atoms with Gasteiger partial charge in [-0.25, -0.2) is 12.9 Å². The third-order valence-corrected chi connectivity index (χ3v) is 5.04. The van der Waals surface area contributed by atoms with Crippen LogP contribution in [0.2, 0.25) is 0 Å². The molecule has 0 radical (unpaired) electrons. The number of halogens is 3. The average Bonchev–Trinajstić information content (AvgIpc) is 2.59. The first-order valence-electron chi connectivity index (χ1n) is 8.30. The van der Waals surface area contributed by atoms with E-state index in [9.17, 15) is 23.5 Å². The smallest absolute Gasteiger partial charge is 0.537 e. The number of hydrogen-bond donors (Lipinski definition) is 0. The summed E-state index contributed by atoms with van der Waals surface area (Å²) in [5, 5.41) is 0. The maximum Gasteiger partial charge on any atom is 0.537 e. The van der Waals surface area contributed by atoms with Gasteiger partial charge in [-0.3, -0.25) is 4.79 Å². The van der Waals surface area contributed by atoms with Gasteiger partial charge in [0, 0.05) is 13.1 Å². The first-order chi connectivity index (χ1) is 11.9. The van der Waals surface area contributed by atoms with Crippen molar-refractivity contribution < 1.29 is 40.2 Å². The first-order valence-corrected chi connectivity index (χ1v) is 9.71. The highest BCUT2D eigenvalue weighted by molar-refractivity contribution is 7.86. The van der Waals surface area contributed by atoms with Gasteiger partial charge in [-0.1, -0.05) is 4.79 Å². The zero-order valence-electron chi connectivity index (χ0n) is 15.1. The average molecular weight is 402 g/mol. The minimum absolute atomic E-state index is 0.0947. The SMILES string of the molecule is CC[N+](CC)(CC)C(=[N+]=[N-])C(=O)N1CCCCC1.O=S(=O)([O-])C(F)(F)F. The van der Waals surface area contributed by atoms with Crippen molar-refractivity contribution >= 4 is 21.9 Å². The molecule has 1 aliphatic heterocycles. The summed E-state index contributed by atoms with van der Waals surface area (Å²) in [4.78, 5) is 17.6. The lowest BCUT2D eigenvalue weighted by atomic mass is 10.1. The lowest BCUT2D eigenvalue weighted by Gasteiger charge is -2.32. The van der Waals surface area contributed by atoms with E-state index in [0.717, 1.165) is 45.6 Å². The summed E-state index contributed by atoms with van der Waals surface area (Å²) in [6.45, 7) is 9.97. The number of quaternary nitrogens is 1. The van der Waals surface area contributed by atoms with Crippen LogP contribution in [0.3, 0.4) is 0 Å². The van der Waals surface area contributed by atoms with Gasteiger partial charge < -0.3 is 15.0 Å². The number of piperidine rings is 1. The molecule has 8 nitrogen and oxygen atoms in total. The predicted octanol–water partition coefficient (Wildman–Crippen LogP) is 1.56. The number of amides is 1. The number of likely N-dealkylation sites (tertiary alicyclic amines) is 1. The fraction of sp³-hybridized carbons (Fsp3) is 0.857. The highest BCUT2D eigenvalue weighted by Crippen LogP contribution is 2.20. The molecule has 0 aromatic carbocycles.